The van der Waals surface area contributed by atoms with Crippen molar-refractivity contribution in [2.45, 2.75) is 89.7 Å². The smallest absolute Gasteiger partial charge is 0.0921 e. The minimum absolute atomic E-state index is 0.223. The average Bonchev–Trinajstić information content (AvgIpc) is 2.39. The van der Waals surface area contributed by atoms with E-state index in [1.54, 1.807) is 0 Å². The van der Waals surface area contributed by atoms with Crippen LogP contribution in [0, 0.1) is 0 Å². The minimum atomic E-state index is -0.747. The van der Waals surface area contributed by atoms with Crippen molar-refractivity contribution >= 4 is 0 Å². The van der Waals surface area contributed by atoms with Crippen LogP contribution in [0.3, 0.4) is 0 Å². The first-order valence-electron chi connectivity index (χ1n) is 7.76. The van der Waals surface area contributed by atoms with Crippen molar-refractivity contribution < 1.29 is 10.2 Å². The van der Waals surface area contributed by atoms with E-state index in [0.29, 0.717) is 0 Å². The first-order valence-corrected chi connectivity index (χ1v) is 7.76. The van der Waals surface area contributed by atoms with Crippen LogP contribution in [-0.4, -0.2) is 29.0 Å². The van der Waals surface area contributed by atoms with Gasteiger partial charge in [0.05, 0.1) is 12.7 Å². The maximum absolute atomic E-state index is 9.29. The second-order valence-electron chi connectivity index (χ2n) is 5.38. The highest BCUT2D eigenvalue weighted by Gasteiger charge is 2.12. The molecule has 0 aliphatic rings. The predicted octanol–water partition coefficient (Wildman–Crippen LogP) is 2.98. The molecule has 4 N–H and O–H groups in total. The van der Waals surface area contributed by atoms with Crippen LogP contribution in [0.1, 0.15) is 77.6 Å². The molecule has 0 aliphatic carbocycles. The number of nitrogens with two attached hydrogens (primary N) is 1. The quantitative estimate of drug-likeness (QED) is 0.445. The Morgan fingerprint density at radius 2 is 1.28 bits per heavy atom. The van der Waals surface area contributed by atoms with Crippen molar-refractivity contribution in [2.75, 3.05) is 6.61 Å². The van der Waals surface area contributed by atoms with E-state index in [1.807, 2.05) is 0 Å². The number of rotatable bonds is 13. The minimum Gasteiger partial charge on any atom is -0.394 e. The normalized spacial score (nSPS) is 14.7. The van der Waals surface area contributed by atoms with Crippen molar-refractivity contribution in [3.05, 3.63) is 0 Å². The Morgan fingerprint density at radius 3 is 1.72 bits per heavy atom. The van der Waals surface area contributed by atoms with E-state index >= 15 is 0 Å². The summed E-state index contributed by atoms with van der Waals surface area (Å²) in [5.74, 6) is 0. The molecule has 0 rings (SSSR count). The molecule has 0 aromatic rings. The highest BCUT2D eigenvalue weighted by Crippen LogP contribution is 2.12. The van der Waals surface area contributed by atoms with Crippen molar-refractivity contribution in [3.8, 4) is 0 Å². The van der Waals surface area contributed by atoms with Crippen LogP contribution < -0.4 is 5.73 Å². The Kier molecular flexibility index (Phi) is 13.2. The third-order valence-corrected chi connectivity index (χ3v) is 3.57. The molecule has 3 heteroatoms. The second kappa shape index (κ2) is 13.3. The van der Waals surface area contributed by atoms with Gasteiger partial charge in [-0.05, 0) is 6.42 Å². The van der Waals surface area contributed by atoms with Crippen molar-refractivity contribution in [3.63, 3.8) is 0 Å². The fourth-order valence-electron chi connectivity index (χ4n) is 2.20. The molecule has 3 nitrogen and oxygen atoms in total. The Labute approximate surface area is 113 Å². The molecule has 0 aromatic carbocycles. The fourth-order valence-corrected chi connectivity index (χ4v) is 2.20. The number of aliphatic hydroxyl groups excluding tert-OH is 2. The molecule has 0 aliphatic heterocycles. The molecule has 110 valence electrons. The monoisotopic (exact) mass is 259 g/mol. The SMILES string of the molecule is CCCCCCCCCCCCC(N)C(O)CO. The molecule has 0 saturated heterocycles. The van der Waals surface area contributed by atoms with Gasteiger partial charge in [-0.1, -0.05) is 71.1 Å². The Morgan fingerprint density at radius 1 is 0.833 bits per heavy atom. The number of hydrogen-bond donors (Lipinski definition) is 3. The molecule has 0 fully saturated rings. The number of hydrogen-bond acceptors (Lipinski definition) is 3. The molecule has 0 radical (unpaired) electrons. The van der Waals surface area contributed by atoms with Crippen molar-refractivity contribution in [1.29, 1.82) is 0 Å². The lowest BCUT2D eigenvalue weighted by molar-refractivity contribution is 0.0711. The zero-order valence-electron chi connectivity index (χ0n) is 12.1. The van der Waals surface area contributed by atoms with E-state index in [-0.39, 0.29) is 12.6 Å². The van der Waals surface area contributed by atoms with Gasteiger partial charge in [0.25, 0.3) is 0 Å². The molecule has 0 heterocycles. The maximum atomic E-state index is 9.29. The third kappa shape index (κ3) is 11.0. The van der Waals surface area contributed by atoms with E-state index in [9.17, 15) is 5.11 Å². The first kappa shape index (κ1) is 17.9. The Bertz CT molecular complexity index is 165. The lowest BCUT2D eigenvalue weighted by Gasteiger charge is -2.16. The van der Waals surface area contributed by atoms with Crippen LogP contribution in [0.5, 0.6) is 0 Å². The fraction of sp³-hybridized carbons (Fsp3) is 1.00. The summed E-state index contributed by atoms with van der Waals surface area (Å²) in [5, 5.41) is 18.0. The molecule has 0 saturated carbocycles. The van der Waals surface area contributed by atoms with Crippen LogP contribution in [0.15, 0.2) is 0 Å². The van der Waals surface area contributed by atoms with Crippen LogP contribution in [0.2, 0.25) is 0 Å². The molecule has 2 atom stereocenters. The highest BCUT2D eigenvalue weighted by molar-refractivity contribution is 4.70. The standard InChI is InChI=1S/C15H33NO2/c1-2-3-4-5-6-7-8-9-10-11-12-14(16)15(18)13-17/h14-15,17-18H,2-13,16H2,1H3. The Hall–Kier alpha value is -0.120. The number of aliphatic hydroxyl groups is 2. The predicted molar refractivity (Wildman–Crippen MR) is 77.5 cm³/mol. The summed E-state index contributed by atoms with van der Waals surface area (Å²) in [6.07, 6.45) is 13.1. The summed E-state index contributed by atoms with van der Waals surface area (Å²) < 4.78 is 0. The van der Waals surface area contributed by atoms with Gasteiger partial charge in [0.2, 0.25) is 0 Å². The van der Waals surface area contributed by atoms with E-state index < -0.39 is 6.10 Å². The summed E-state index contributed by atoms with van der Waals surface area (Å²) in [4.78, 5) is 0. The van der Waals surface area contributed by atoms with Gasteiger partial charge in [-0.25, -0.2) is 0 Å². The molecule has 0 bridgehead atoms. The molecule has 18 heavy (non-hydrogen) atoms. The molecular formula is C15H33NO2. The van der Waals surface area contributed by atoms with Crippen LogP contribution in [0.25, 0.3) is 0 Å². The summed E-state index contributed by atoms with van der Waals surface area (Å²) >= 11 is 0. The molecule has 0 amide bonds. The molecule has 0 aromatic heterocycles. The highest BCUT2D eigenvalue weighted by atomic mass is 16.3. The van der Waals surface area contributed by atoms with Gasteiger partial charge in [0.15, 0.2) is 0 Å². The van der Waals surface area contributed by atoms with Crippen molar-refractivity contribution in [2.24, 2.45) is 5.73 Å². The largest absolute Gasteiger partial charge is 0.394 e. The van der Waals surface area contributed by atoms with Gasteiger partial charge >= 0.3 is 0 Å². The van der Waals surface area contributed by atoms with E-state index in [4.69, 9.17) is 10.8 Å². The van der Waals surface area contributed by atoms with E-state index in [2.05, 4.69) is 6.92 Å². The van der Waals surface area contributed by atoms with Gasteiger partial charge in [-0.15, -0.1) is 0 Å². The van der Waals surface area contributed by atoms with Crippen molar-refractivity contribution in [1.82, 2.24) is 0 Å². The zero-order chi connectivity index (χ0) is 13.6. The van der Waals surface area contributed by atoms with E-state index in [0.717, 1.165) is 12.8 Å². The lowest BCUT2D eigenvalue weighted by atomic mass is 10.0. The van der Waals surface area contributed by atoms with Crippen LogP contribution in [-0.2, 0) is 0 Å². The first-order chi connectivity index (χ1) is 8.72. The number of unbranched alkanes of at least 4 members (excludes halogenated alkanes) is 9. The summed E-state index contributed by atoms with van der Waals surface area (Å²) in [6, 6.07) is -0.260. The second-order valence-corrected chi connectivity index (χ2v) is 5.38. The summed E-state index contributed by atoms with van der Waals surface area (Å²) in [5.41, 5.74) is 5.73. The molecule has 2 unspecified atom stereocenters. The van der Waals surface area contributed by atoms with Crippen LogP contribution in [0.4, 0.5) is 0 Å². The molecular weight excluding hydrogens is 226 g/mol. The molecule has 0 spiro atoms. The van der Waals surface area contributed by atoms with Gasteiger partial charge < -0.3 is 15.9 Å². The van der Waals surface area contributed by atoms with Crippen LogP contribution >= 0.6 is 0 Å². The average molecular weight is 259 g/mol. The van der Waals surface area contributed by atoms with Gasteiger partial charge in [0.1, 0.15) is 0 Å². The topological polar surface area (TPSA) is 66.5 Å². The van der Waals surface area contributed by atoms with E-state index in [1.165, 1.54) is 57.8 Å². The third-order valence-electron chi connectivity index (χ3n) is 3.57. The lowest BCUT2D eigenvalue weighted by Crippen LogP contribution is -2.37. The Balaban J connectivity index is 3.11. The summed E-state index contributed by atoms with van der Waals surface area (Å²) in [6.45, 7) is 2.03. The van der Waals surface area contributed by atoms with Gasteiger partial charge in [0, 0.05) is 6.04 Å². The van der Waals surface area contributed by atoms with Gasteiger partial charge in [-0.2, -0.15) is 0 Å². The maximum Gasteiger partial charge on any atom is 0.0921 e. The van der Waals surface area contributed by atoms with Gasteiger partial charge in [-0.3, -0.25) is 0 Å². The zero-order valence-corrected chi connectivity index (χ0v) is 12.1. The summed E-state index contributed by atoms with van der Waals surface area (Å²) in [7, 11) is 0.